The Morgan fingerprint density at radius 3 is 2.57 bits per heavy atom. The van der Waals surface area contributed by atoms with E-state index in [-0.39, 0.29) is 18.9 Å². The highest BCUT2D eigenvalue weighted by molar-refractivity contribution is 5.83. The monoisotopic (exact) mass is 378 g/mol. The van der Waals surface area contributed by atoms with Crippen molar-refractivity contribution in [1.82, 2.24) is 20.6 Å². The molecular weight excluding hydrogens is 356 g/mol. The van der Waals surface area contributed by atoms with Crippen LogP contribution in [0.25, 0.3) is 5.69 Å². The van der Waals surface area contributed by atoms with Crippen LogP contribution in [0.3, 0.4) is 0 Å². The van der Waals surface area contributed by atoms with Crippen molar-refractivity contribution < 1.29 is 14.3 Å². The van der Waals surface area contributed by atoms with Crippen LogP contribution in [0.5, 0.6) is 5.75 Å². The average Bonchev–Trinajstić information content (AvgIpc) is 3.16. The molecule has 0 spiro atoms. The lowest BCUT2D eigenvalue weighted by Crippen LogP contribution is -2.44. The van der Waals surface area contributed by atoms with E-state index in [1.807, 2.05) is 62.4 Å². The van der Waals surface area contributed by atoms with Gasteiger partial charge in [-0.1, -0.05) is 30.3 Å². The number of hydrazine groups is 1. The zero-order valence-corrected chi connectivity index (χ0v) is 15.8. The number of benzene rings is 2. The molecule has 3 aromatic rings. The van der Waals surface area contributed by atoms with Crippen molar-refractivity contribution >= 4 is 11.8 Å². The van der Waals surface area contributed by atoms with Crippen LogP contribution >= 0.6 is 0 Å². The zero-order chi connectivity index (χ0) is 19.9. The van der Waals surface area contributed by atoms with E-state index in [2.05, 4.69) is 16.0 Å². The van der Waals surface area contributed by atoms with Gasteiger partial charge in [0.25, 0.3) is 5.91 Å². The van der Waals surface area contributed by atoms with E-state index < -0.39 is 5.91 Å². The molecule has 2 aromatic carbocycles. The summed E-state index contributed by atoms with van der Waals surface area (Å²) in [5, 5.41) is 4.24. The van der Waals surface area contributed by atoms with Gasteiger partial charge < -0.3 is 4.74 Å². The largest absolute Gasteiger partial charge is 0.483 e. The third-order valence-electron chi connectivity index (χ3n) is 4.07. The van der Waals surface area contributed by atoms with Crippen molar-refractivity contribution in [1.29, 1.82) is 0 Å². The second-order valence-electron chi connectivity index (χ2n) is 6.46. The first-order valence-electron chi connectivity index (χ1n) is 8.88. The maximum Gasteiger partial charge on any atom is 0.276 e. The molecule has 0 aliphatic rings. The maximum atomic E-state index is 12.0. The highest BCUT2D eigenvalue weighted by Gasteiger charge is 2.09. The molecule has 0 bridgehead atoms. The molecule has 7 nitrogen and oxygen atoms in total. The normalized spacial score (nSPS) is 10.4. The summed E-state index contributed by atoms with van der Waals surface area (Å²) in [6.45, 7) is 3.67. The lowest BCUT2D eigenvalue weighted by molar-refractivity contribution is -0.129. The van der Waals surface area contributed by atoms with Crippen LogP contribution in [0.1, 0.15) is 16.7 Å². The molecule has 144 valence electrons. The van der Waals surface area contributed by atoms with Crippen LogP contribution in [0, 0.1) is 13.8 Å². The minimum absolute atomic E-state index is 0.102. The van der Waals surface area contributed by atoms with Crippen LogP contribution in [0.4, 0.5) is 0 Å². The number of ether oxygens (including phenoxy) is 1. The van der Waals surface area contributed by atoms with E-state index in [1.54, 1.807) is 17.1 Å². The molecule has 1 heterocycles. The van der Waals surface area contributed by atoms with E-state index in [1.165, 1.54) is 0 Å². The van der Waals surface area contributed by atoms with Gasteiger partial charge in [-0.25, -0.2) is 4.68 Å². The standard InChI is InChI=1S/C21H22N4O3/c1-15-8-9-16(2)19(10-15)28-14-21(27)24-23-20(26)11-17-12-22-25(13-17)18-6-4-3-5-7-18/h3-10,12-13H,11,14H2,1-2H3,(H,23,26)(H,24,27). The summed E-state index contributed by atoms with van der Waals surface area (Å²) in [4.78, 5) is 23.9. The molecule has 0 fully saturated rings. The van der Waals surface area contributed by atoms with Gasteiger partial charge in [0.05, 0.1) is 18.3 Å². The molecule has 7 heteroatoms. The first kappa shape index (κ1) is 19.2. The van der Waals surface area contributed by atoms with Crippen molar-refractivity contribution in [2.24, 2.45) is 0 Å². The number of amides is 2. The smallest absolute Gasteiger partial charge is 0.276 e. The molecular formula is C21H22N4O3. The Hall–Kier alpha value is -3.61. The number of para-hydroxylation sites is 1. The van der Waals surface area contributed by atoms with Gasteiger partial charge in [0, 0.05) is 6.20 Å². The minimum Gasteiger partial charge on any atom is -0.483 e. The molecule has 28 heavy (non-hydrogen) atoms. The number of aryl methyl sites for hydroxylation is 2. The number of hydrogen-bond acceptors (Lipinski definition) is 4. The van der Waals surface area contributed by atoms with Crippen molar-refractivity contribution in [2.75, 3.05) is 6.61 Å². The van der Waals surface area contributed by atoms with Gasteiger partial charge in [-0.05, 0) is 48.7 Å². The molecule has 2 N–H and O–H groups in total. The van der Waals surface area contributed by atoms with Crippen LogP contribution in [-0.2, 0) is 16.0 Å². The van der Waals surface area contributed by atoms with Gasteiger partial charge in [0.15, 0.2) is 6.61 Å². The van der Waals surface area contributed by atoms with E-state index in [9.17, 15) is 9.59 Å². The number of carbonyl (C=O) groups is 2. The Bertz CT molecular complexity index is 967. The molecule has 0 unspecified atom stereocenters. The van der Waals surface area contributed by atoms with E-state index >= 15 is 0 Å². The van der Waals surface area contributed by atoms with Gasteiger partial charge in [0.1, 0.15) is 5.75 Å². The summed E-state index contributed by atoms with van der Waals surface area (Å²) < 4.78 is 7.20. The average molecular weight is 378 g/mol. The summed E-state index contributed by atoms with van der Waals surface area (Å²) in [7, 11) is 0. The highest BCUT2D eigenvalue weighted by Crippen LogP contribution is 2.18. The Morgan fingerprint density at radius 2 is 1.79 bits per heavy atom. The van der Waals surface area contributed by atoms with E-state index in [4.69, 9.17) is 4.74 Å². The minimum atomic E-state index is -0.436. The van der Waals surface area contributed by atoms with Gasteiger partial charge in [-0.15, -0.1) is 0 Å². The summed E-state index contributed by atoms with van der Waals surface area (Å²) in [5.74, 6) is -0.128. The summed E-state index contributed by atoms with van der Waals surface area (Å²) in [5.41, 5.74) is 8.38. The molecule has 0 aliphatic carbocycles. The fourth-order valence-electron chi connectivity index (χ4n) is 2.58. The Labute approximate surface area is 163 Å². The number of carbonyl (C=O) groups excluding carboxylic acids is 2. The zero-order valence-electron chi connectivity index (χ0n) is 15.8. The Morgan fingerprint density at radius 1 is 1.04 bits per heavy atom. The van der Waals surface area contributed by atoms with Crippen molar-refractivity contribution in [2.45, 2.75) is 20.3 Å². The third-order valence-corrected chi connectivity index (χ3v) is 4.07. The molecule has 1 aromatic heterocycles. The predicted octanol–water partition coefficient (Wildman–Crippen LogP) is 2.26. The third kappa shape index (κ3) is 5.20. The molecule has 2 amide bonds. The second-order valence-corrected chi connectivity index (χ2v) is 6.46. The maximum absolute atomic E-state index is 12.0. The second kappa shape index (κ2) is 8.85. The number of hydrogen-bond donors (Lipinski definition) is 2. The molecule has 0 atom stereocenters. The van der Waals surface area contributed by atoms with Crippen molar-refractivity contribution in [3.05, 3.63) is 77.6 Å². The fourth-order valence-corrected chi connectivity index (χ4v) is 2.58. The van der Waals surface area contributed by atoms with Gasteiger partial charge in [0.2, 0.25) is 5.91 Å². The van der Waals surface area contributed by atoms with Crippen LogP contribution < -0.4 is 15.6 Å². The van der Waals surface area contributed by atoms with Crippen LogP contribution in [0.15, 0.2) is 60.9 Å². The van der Waals surface area contributed by atoms with Crippen LogP contribution in [0.2, 0.25) is 0 Å². The number of rotatable bonds is 6. The summed E-state index contributed by atoms with van der Waals surface area (Å²) in [6, 6.07) is 15.4. The lowest BCUT2D eigenvalue weighted by Gasteiger charge is -2.10. The Kier molecular flexibility index (Phi) is 6.06. The number of nitrogens with one attached hydrogen (secondary N) is 2. The van der Waals surface area contributed by atoms with Gasteiger partial charge in [-0.2, -0.15) is 5.10 Å². The summed E-state index contributed by atoms with van der Waals surface area (Å²) in [6.07, 6.45) is 3.50. The molecule has 0 radical (unpaired) electrons. The van der Waals surface area contributed by atoms with E-state index in [0.29, 0.717) is 5.75 Å². The SMILES string of the molecule is Cc1ccc(C)c(OCC(=O)NNC(=O)Cc2cnn(-c3ccccc3)c2)c1. The predicted molar refractivity (Wildman–Crippen MR) is 105 cm³/mol. The lowest BCUT2D eigenvalue weighted by atomic mass is 10.1. The fraction of sp³-hybridized carbons (Fsp3) is 0.190. The quantitative estimate of drug-likeness (QED) is 0.645. The van der Waals surface area contributed by atoms with Crippen molar-refractivity contribution in [3.63, 3.8) is 0 Å². The highest BCUT2D eigenvalue weighted by atomic mass is 16.5. The number of nitrogens with zero attached hydrogens (tertiary/aromatic N) is 2. The van der Waals surface area contributed by atoms with Gasteiger partial charge >= 0.3 is 0 Å². The number of aromatic nitrogens is 2. The first-order valence-corrected chi connectivity index (χ1v) is 8.88. The van der Waals surface area contributed by atoms with Gasteiger partial charge in [-0.3, -0.25) is 20.4 Å². The van der Waals surface area contributed by atoms with Crippen LogP contribution in [-0.4, -0.2) is 28.2 Å². The molecule has 0 saturated heterocycles. The Balaban J connectivity index is 1.45. The molecule has 0 aliphatic heterocycles. The van der Waals surface area contributed by atoms with E-state index in [0.717, 1.165) is 22.4 Å². The first-order chi connectivity index (χ1) is 13.5. The topological polar surface area (TPSA) is 85.2 Å². The molecule has 3 rings (SSSR count). The summed E-state index contributed by atoms with van der Waals surface area (Å²) >= 11 is 0. The van der Waals surface area contributed by atoms with Crippen molar-refractivity contribution in [3.8, 4) is 11.4 Å². The molecule has 0 saturated carbocycles.